The van der Waals surface area contributed by atoms with Gasteiger partial charge in [0.25, 0.3) is 0 Å². The number of carbonyl (C=O) groups excluding carboxylic acids is 2. The first-order valence-electron chi connectivity index (χ1n) is 10.2. The molecule has 0 aromatic carbocycles. The number of piperazine rings is 1. The molecule has 0 unspecified atom stereocenters. The van der Waals surface area contributed by atoms with E-state index in [2.05, 4.69) is 31.6 Å². The van der Waals surface area contributed by atoms with E-state index in [1.54, 1.807) is 18.5 Å². The Labute approximate surface area is 166 Å². The minimum absolute atomic E-state index is 0.0706. The first kappa shape index (κ1) is 20.1. The Morgan fingerprint density at radius 1 is 1.00 bits per heavy atom. The highest BCUT2D eigenvalue weighted by Gasteiger charge is 2.22. The Bertz CT molecular complexity index is 671. The van der Waals surface area contributed by atoms with Crippen molar-refractivity contribution < 1.29 is 9.59 Å². The number of hydrogen-bond donors (Lipinski definition) is 2. The normalized spacial score (nSPS) is 17.1. The van der Waals surface area contributed by atoms with Crippen LogP contribution in [0.3, 0.4) is 0 Å². The second-order valence-electron chi connectivity index (χ2n) is 7.21. The molecule has 2 heterocycles. The molecule has 28 heavy (non-hydrogen) atoms. The van der Waals surface area contributed by atoms with Gasteiger partial charge in [0.2, 0.25) is 11.9 Å². The summed E-state index contributed by atoms with van der Waals surface area (Å²) in [5.74, 6) is 0.776. The molecule has 0 atom stereocenters. The number of nitrogens with one attached hydrogen (secondary N) is 2. The number of nitrogens with zero attached hydrogens (tertiary/aromatic N) is 4. The van der Waals surface area contributed by atoms with Gasteiger partial charge in [-0.1, -0.05) is 11.6 Å². The third-order valence-corrected chi connectivity index (χ3v) is 5.21. The van der Waals surface area contributed by atoms with Gasteiger partial charge >= 0.3 is 6.03 Å². The third kappa shape index (κ3) is 6.21. The molecule has 1 aliphatic carbocycles. The van der Waals surface area contributed by atoms with Crippen LogP contribution in [-0.2, 0) is 4.79 Å². The summed E-state index contributed by atoms with van der Waals surface area (Å²) >= 11 is 0. The van der Waals surface area contributed by atoms with Crippen LogP contribution in [0, 0.1) is 0 Å². The first-order valence-corrected chi connectivity index (χ1v) is 10.2. The average Bonchev–Trinajstić information content (AvgIpc) is 2.75. The van der Waals surface area contributed by atoms with Crippen LogP contribution in [-0.4, -0.2) is 66.1 Å². The lowest BCUT2D eigenvalue weighted by molar-refractivity contribution is -0.131. The highest BCUT2D eigenvalue weighted by Crippen LogP contribution is 2.19. The molecular formula is C20H30N6O2. The minimum atomic E-state index is -0.199. The van der Waals surface area contributed by atoms with E-state index in [1.165, 1.54) is 18.4 Å². The van der Waals surface area contributed by atoms with Crippen LogP contribution in [0.2, 0.25) is 0 Å². The van der Waals surface area contributed by atoms with Gasteiger partial charge in [0.1, 0.15) is 0 Å². The lowest BCUT2D eigenvalue weighted by Crippen LogP contribution is -2.50. The van der Waals surface area contributed by atoms with E-state index in [-0.39, 0.29) is 11.9 Å². The SMILES string of the molecule is O=C(NCCC(=O)N1CCN(c2ncccn2)CC1)NCCC1=CCCCC1. The molecule has 0 radical (unpaired) electrons. The molecule has 1 saturated heterocycles. The highest BCUT2D eigenvalue weighted by atomic mass is 16.2. The zero-order valence-corrected chi connectivity index (χ0v) is 16.4. The van der Waals surface area contributed by atoms with Gasteiger partial charge in [0.15, 0.2) is 0 Å². The third-order valence-electron chi connectivity index (χ3n) is 5.21. The molecule has 3 amide bonds. The number of aromatic nitrogens is 2. The van der Waals surface area contributed by atoms with Crippen LogP contribution >= 0.6 is 0 Å². The molecule has 1 aromatic rings. The van der Waals surface area contributed by atoms with Crippen molar-refractivity contribution in [3.05, 3.63) is 30.1 Å². The topological polar surface area (TPSA) is 90.5 Å². The van der Waals surface area contributed by atoms with E-state index in [9.17, 15) is 9.59 Å². The number of carbonyl (C=O) groups is 2. The van der Waals surface area contributed by atoms with Crippen LogP contribution in [0.4, 0.5) is 10.7 Å². The van der Waals surface area contributed by atoms with Crippen LogP contribution < -0.4 is 15.5 Å². The number of hydrogen-bond acceptors (Lipinski definition) is 5. The Morgan fingerprint density at radius 2 is 1.75 bits per heavy atom. The average molecular weight is 387 g/mol. The van der Waals surface area contributed by atoms with Crippen LogP contribution in [0.1, 0.15) is 38.5 Å². The molecule has 1 aliphatic heterocycles. The molecule has 0 saturated carbocycles. The molecule has 3 rings (SSSR count). The Kier molecular flexibility index (Phi) is 7.63. The smallest absolute Gasteiger partial charge is 0.314 e. The van der Waals surface area contributed by atoms with Crippen molar-refractivity contribution in [1.29, 1.82) is 0 Å². The molecule has 152 valence electrons. The van der Waals surface area contributed by atoms with Crippen LogP contribution in [0.5, 0.6) is 0 Å². The summed E-state index contributed by atoms with van der Waals surface area (Å²) in [6.07, 6.45) is 11.8. The maximum absolute atomic E-state index is 12.3. The molecular weight excluding hydrogens is 356 g/mol. The molecule has 8 nitrogen and oxygen atoms in total. The van der Waals surface area contributed by atoms with Crippen molar-refractivity contribution in [3.8, 4) is 0 Å². The maximum Gasteiger partial charge on any atom is 0.314 e. The van der Waals surface area contributed by atoms with E-state index in [0.717, 1.165) is 32.4 Å². The standard InChI is InChI=1S/C20H30N6O2/c27-18(25-13-15-26(16-14-25)19-21-9-4-10-22-19)8-12-24-20(28)23-11-7-17-5-2-1-3-6-17/h4-5,9-10H,1-3,6-8,11-16H2,(H2,23,24,28). The number of anilines is 1. The molecule has 1 fully saturated rings. The molecule has 2 N–H and O–H groups in total. The number of allylic oxidation sites excluding steroid dienone is 1. The Morgan fingerprint density at radius 3 is 2.46 bits per heavy atom. The van der Waals surface area contributed by atoms with Gasteiger partial charge in [0, 0.05) is 58.1 Å². The second kappa shape index (κ2) is 10.6. The predicted molar refractivity (Wildman–Crippen MR) is 108 cm³/mol. The quantitative estimate of drug-likeness (QED) is 0.696. The molecule has 2 aliphatic rings. The lowest BCUT2D eigenvalue weighted by Gasteiger charge is -2.34. The van der Waals surface area contributed by atoms with Gasteiger partial charge < -0.3 is 20.4 Å². The van der Waals surface area contributed by atoms with Crippen LogP contribution in [0.25, 0.3) is 0 Å². The minimum Gasteiger partial charge on any atom is -0.339 e. The van der Waals surface area contributed by atoms with Crippen molar-refractivity contribution in [1.82, 2.24) is 25.5 Å². The van der Waals surface area contributed by atoms with Crippen molar-refractivity contribution >= 4 is 17.9 Å². The van der Waals surface area contributed by atoms with Crippen LogP contribution in [0.15, 0.2) is 30.1 Å². The fraction of sp³-hybridized carbons (Fsp3) is 0.600. The van der Waals surface area contributed by atoms with Gasteiger partial charge in [-0.15, -0.1) is 0 Å². The molecule has 1 aromatic heterocycles. The van der Waals surface area contributed by atoms with Gasteiger partial charge in [-0.3, -0.25) is 4.79 Å². The zero-order valence-electron chi connectivity index (χ0n) is 16.4. The van der Waals surface area contributed by atoms with Crippen molar-refractivity contribution in [2.75, 3.05) is 44.2 Å². The largest absolute Gasteiger partial charge is 0.339 e. The predicted octanol–water partition coefficient (Wildman–Crippen LogP) is 1.70. The van der Waals surface area contributed by atoms with Gasteiger partial charge in [0.05, 0.1) is 0 Å². The van der Waals surface area contributed by atoms with E-state index in [0.29, 0.717) is 38.5 Å². The molecule has 0 bridgehead atoms. The van der Waals surface area contributed by atoms with E-state index in [4.69, 9.17) is 0 Å². The van der Waals surface area contributed by atoms with Crippen molar-refractivity contribution in [2.24, 2.45) is 0 Å². The second-order valence-corrected chi connectivity index (χ2v) is 7.21. The number of rotatable bonds is 7. The molecule has 0 spiro atoms. The monoisotopic (exact) mass is 386 g/mol. The maximum atomic E-state index is 12.3. The van der Waals surface area contributed by atoms with E-state index < -0.39 is 0 Å². The summed E-state index contributed by atoms with van der Waals surface area (Å²) in [5.41, 5.74) is 1.45. The molecule has 8 heteroatoms. The Balaban J connectivity index is 1.27. The lowest BCUT2D eigenvalue weighted by atomic mass is 9.97. The fourth-order valence-corrected chi connectivity index (χ4v) is 3.58. The van der Waals surface area contributed by atoms with E-state index in [1.807, 2.05) is 4.90 Å². The zero-order chi connectivity index (χ0) is 19.6. The summed E-state index contributed by atoms with van der Waals surface area (Å²) in [6.45, 7) is 3.75. The van der Waals surface area contributed by atoms with Gasteiger partial charge in [-0.25, -0.2) is 14.8 Å². The summed E-state index contributed by atoms with van der Waals surface area (Å²) in [5, 5.41) is 5.65. The highest BCUT2D eigenvalue weighted by molar-refractivity contribution is 5.78. The summed E-state index contributed by atoms with van der Waals surface area (Å²) < 4.78 is 0. The van der Waals surface area contributed by atoms with Gasteiger partial charge in [-0.05, 0) is 38.2 Å². The fourth-order valence-electron chi connectivity index (χ4n) is 3.58. The van der Waals surface area contributed by atoms with Gasteiger partial charge in [-0.2, -0.15) is 0 Å². The Hall–Kier alpha value is -2.64. The summed E-state index contributed by atoms with van der Waals surface area (Å²) in [7, 11) is 0. The number of amides is 3. The summed E-state index contributed by atoms with van der Waals surface area (Å²) in [4.78, 5) is 36.6. The van der Waals surface area contributed by atoms with E-state index >= 15 is 0 Å². The first-order chi connectivity index (χ1) is 13.7. The number of urea groups is 1. The van der Waals surface area contributed by atoms with Crippen molar-refractivity contribution in [3.63, 3.8) is 0 Å². The van der Waals surface area contributed by atoms with Crippen molar-refractivity contribution in [2.45, 2.75) is 38.5 Å². The summed E-state index contributed by atoms with van der Waals surface area (Å²) in [6, 6.07) is 1.59.